The molecular weight excluding hydrogens is 549 g/mol. The van der Waals surface area contributed by atoms with Gasteiger partial charge in [-0.1, -0.05) is 33.6 Å². The van der Waals surface area contributed by atoms with E-state index in [9.17, 15) is 9.59 Å². The largest absolute Gasteiger partial charge is 0.373 e. The summed E-state index contributed by atoms with van der Waals surface area (Å²) in [6.45, 7) is 2.39. The summed E-state index contributed by atoms with van der Waals surface area (Å²) in [6, 6.07) is 7.09. The van der Waals surface area contributed by atoms with Gasteiger partial charge in [0.25, 0.3) is 0 Å². The van der Waals surface area contributed by atoms with Crippen molar-refractivity contribution < 1.29 is 18.7 Å². The van der Waals surface area contributed by atoms with E-state index in [1.165, 1.54) is 0 Å². The molecular formula is C27H28BrClFN3O3. The van der Waals surface area contributed by atoms with Crippen molar-refractivity contribution in [3.63, 3.8) is 0 Å². The van der Waals surface area contributed by atoms with E-state index in [2.05, 4.69) is 20.9 Å². The number of rotatable bonds is 10. The number of carbonyl (C=O) groups excluding carboxylic acids is 2. The second kappa shape index (κ2) is 11.0. The summed E-state index contributed by atoms with van der Waals surface area (Å²) in [5, 5.41) is 0.484. The van der Waals surface area contributed by atoms with Crippen LogP contribution in [0.1, 0.15) is 53.6 Å². The third-order valence-electron chi connectivity index (χ3n) is 6.95. The highest BCUT2D eigenvalue weighted by atomic mass is 79.9. The molecule has 0 unspecified atom stereocenters. The van der Waals surface area contributed by atoms with E-state index in [1.807, 2.05) is 17.0 Å². The highest BCUT2D eigenvalue weighted by molar-refractivity contribution is 9.10. The maximum absolute atomic E-state index is 15.9. The van der Waals surface area contributed by atoms with E-state index in [0.29, 0.717) is 41.6 Å². The summed E-state index contributed by atoms with van der Waals surface area (Å²) in [7, 11) is 0. The Labute approximate surface area is 222 Å². The van der Waals surface area contributed by atoms with Crippen LogP contribution >= 0.6 is 27.5 Å². The molecule has 0 N–H and O–H groups in total. The molecule has 36 heavy (non-hydrogen) atoms. The minimum absolute atomic E-state index is 0.0844. The average molecular weight is 577 g/mol. The number of halogens is 3. The van der Waals surface area contributed by atoms with Gasteiger partial charge in [0.15, 0.2) is 11.6 Å². The van der Waals surface area contributed by atoms with Crippen LogP contribution in [-0.4, -0.2) is 52.4 Å². The summed E-state index contributed by atoms with van der Waals surface area (Å²) in [6.07, 6.45) is 6.30. The van der Waals surface area contributed by atoms with Crippen molar-refractivity contribution in [1.82, 2.24) is 14.5 Å². The molecule has 1 amide bonds. The standard InChI is InChI=1S/C27H28BrClFN3O3/c28-19-6-5-18(22(29)12-19)11-21-20(24(34)15-36-14-17-3-4-17)13-23-27(26(21)30)31-16-33(23)10-7-25(35)32-8-1-2-9-32/h5-6,12-13,16-17H,1-4,7-11,14-15H2. The fourth-order valence-corrected chi connectivity index (χ4v) is 5.41. The lowest BCUT2D eigenvalue weighted by atomic mass is 9.95. The number of ether oxygens (including phenoxy) is 1. The van der Waals surface area contributed by atoms with Gasteiger partial charge in [0.2, 0.25) is 5.91 Å². The minimum atomic E-state index is -0.540. The van der Waals surface area contributed by atoms with Crippen molar-refractivity contribution in [1.29, 1.82) is 0 Å². The van der Waals surface area contributed by atoms with Gasteiger partial charge in [-0.15, -0.1) is 0 Å². The summed E-state index contributed by atoms with van der Waals surface area (Å²) >= 11 is 9.81. The van der Waals surface area contributed by atoms with E-state index in [0.717, 1.165) is 43.2 Å². The van der Waals surface area contributed by atoms with E-state index < -0.39 is 5.82 Å². The first-order valence-corrected chi connectivity index (χ1v) is 13.6. The first kappa shape index (κ1) is 25.4. The van der Waals surface area contributed by atoms with Crippen LogP contribution < -0.4 is 0 Å². The number of hydrogen-bond donors (Lipinski definition) is 0. The number of hydrogen-bond acceptors (Lipinski definition) is 4. The monoisotopic (exact) mass is 575 g/mol. The fraction of sp³-hybridized carbons (Fsp3) is 0.444. The van der Waals surface area contributed by atoms with Crippen molar-refractivity contribution in [3.05, 3.63) is 62.6 Å². The molecule has 190 valence electrons. The highest BCUT2D eigenvalue weighted by Gasteiger charge is 2.25. The fourth-order valence-electron chi connectivity index (χ4n) is 4.67. The molecule has 2 aliphatic rings. The Morgan fingerprint density at radius 3 is 2.69 bits per heavy atom. The van der Waals surface area contributed by atoms with Crippen LogP contribution in [-0.2, 0) is 22.5 Å². The van der Waals surface area contributed by atoms with E-state index in [4.69, 9.17) is 16.3 Å². The number of likely N-dealkylation sites (tertiary alicyclic amines) is 1. The molecule has 1 saturated carbocycles. The first-order valence-electron chi connectivity index (χ1n) is 12.4. The van der Waals surface area contributed by atoms with Crippen LogP contribution in [0.3, 0.4) is 0 Å². The third-order valence-corrected chi connectivity index (χ3v) is 7.79. The third kappa shape index (κ3) is 5.66. The van der Waals surface area contributed by atoms with Crippen molar-refractivity contribution >= 4 is 50.3 Å². The summed E-state index contributed by atoms with van der Waals surface area (Å²) in [4.78, 5) is 32.0. The number of ketones is 1. The number of aryl methyl sites for hydroxylation is 1. The molecule has 2 aromatic carbocycles. The van der Waals surface area contributed by atoms with Crippen molar-refractivity contribution in [3.8, 4) is 0 Å². The van der Waals surface area contributed by atoms with Crippen LogP contribution in [0.4, 0.5) is 4.39 Å². The zero-order chi connectivity index (χ0) is 25.2. The van der Waals surface area contributed by atoms with Gasteiger partial charge in [-0.3, -0.25) is 9.59 Å². The van der Waals surface area contributed by atoms with Crippen molar-refractivity contribution in [2.24, 2.45) is 5.92 Å². The van der Waals surface area contributed by atoms with Gasteiger partial charge in [-0.05, 0) is 55.4 Å². The quantitative estimate of drug-likeness (QED) is 0.286. The number of nitrogens with zero attached hydrogens (tertiary/aromatic N) is 3. The first-order chi connectivity index (χ1) is 17.4. The summed E-state index contributed by atoms with van der Waals surface area (Å²) < 4.78 is 24.1. The summed E-state index contributed by atoms with van der Waals surface area (Å²) in [5.74, 6) is -0.212. The number of Topliss-reactive ketones (excluding diaryl/α,β-unsaturated/α-hetero) is 1. The molecule has 0 radical (unpaired) electrons. The number of fused-ring (bicyclic) bond motifs is 1. The number of aromatic nitrogens is 2. The van der Waals surface area contributed by atoms with E-state index in [1.54, 1.807) is 23.0 Å². The van der Waals surface area contributed by atoms with Crippen molar-refractivity contribution in [2.75, 3.05) is 26.3 Å². The van der Waals surface area contributed by atoms with Gasteiger partial charge in [-0.25, -0.2) is 9.37 Å². The van der Waals surface area contributed by atoms with Crippen molar-refractivity contribution in [2.45, 2.75) is 45.1 Å². The highest BCUT2D eigenvalue weighted by Crippen LogP contribution is 2.31. The Morgan fingerprint density at radius 1 is 1.19 bits per heavy atom. The zero-order valence-electron chi connectivity index (χ0n) is 19.9. The lowest BCUT2D eigenvalue weighted by Crippen LogP contribution is -2.28. The Hall–Kier alpha value is -2.29. The predicted molar refractivity (Wildman–Crippen MR) is 140 cm³/mol. The normalized spacial score (nSPS) is 15.7. The average Bonchev–Trinajstić information content (AvgIpc) is 3.34. The van der Waals surface area contributed by atoms with Crippen LogP contribution in [0.15, 0.2) is 35.1 Å². The molecule has 3 aromatic rings. The summed E-state index contributed by atoms with van der Waals surface area (Å²) in [5.41, 5.74) is 1.91. The molecule has 1 aliphatic carbocycles. The maximum atomic E-state index is 15.9. The second-order valence-corrected chi connectivity index (χ2v) is 11.0. The number of carbonyl (C=O) groups is 2. The molecule has 1 saturated heterocycles. The number of imidazole rings is 1. The topological polar surface area (TPSA) is 64.4 Å². The SMILES string of the molecule is O=C(COCC1CC1)c1cc2c(ncn2CCC(=O)N2CCCC2)c(F)c1Cc1ccc(Br)cc1Cl. The number of benzene rings is 2. The smallest absolute Gasteiger partial charge is 0.224 e. The lowest BCUT2D eigenvalue weighted by molar-refractivity contribution is -0.130. The molecule has 1 aromatic heterocycles. The Kier molecular flexibility index (Phi) is 7.74. The van der Waals surface area contributed by atoms with Crippen LogP contribution in [0.25, 0.3) is 11.0 Å². The van der Waals surface area contributed by atoms with Crippen LogP contribution in [0, 0.1) is 11.7 Å². The maximum Gasteiger partial charge on any atom is 0.224 e. The zero-order valence-corrected chi connectivity index (χ0v) is 22.3. The van der Waals surface area contributed by atoms with E-state index in [-0.39, 0.29) is 41.4 Å². The van der Waals surface area contributed by atoms with Crippen LogP contribution in [0.5, 0.6) is 0 Å². The van der Waals surface area contributed by atoms with E-state index >= 15 is 4.39 Å². The Balaban J connectivity index is 1.45. The molecule has 9 heteroatoms. The molecule has 5 rings (SSSR count). The Morgan fingerprint density at radius 2 is 1.97 bits per heavy atom. The number of amides is 1. The van der Waals surface area contributed by atoms with Gasteiger partial charge in [0.1, 0.15) is 12.1 Å². The minimum Gasteiger partial charge on any atom is -0.373 e. The van der Waals surface area contributed by atoms with Gasteiger partial charge < -0.3 is 14.2 Å². The molecule has 0 spiro atoms. The predicted octanol–water partition coefficient (Wildman–Crippen LogP) is 5.80. The molecule has 6 nitrogen and oxygen atoms in total. The molecule has 0 atom stereocenters. The molecule has 2 fully saturated rings. The molecule has 2 heterocycles. The van der Waals surface area contributed by atoms with Gasteiger partial charge in [0.05, 0.1) is 18.5 Å². The van der Waals surface area contributed by atoms with Gasteiger partial charge in [-0.2, -0.15) is 0 Å². The lowest BCUT2D eigenvalue weighted by Gasteiger charge is -2.16. The van der Waals surface area contributed by atoms with Gasteiger partial charge in [0, 0.05) is 53.1 Å². The molecule has 0 bridgehead atoms. The Bertz CT molecular complexity index is 1300. The van der Waals surface area contributed by atoms with Gasteiger partial charge >= 0.3 is 0 Å². The second-order valence-electron chi connectivity index (χ2n) is 9.65. The molecule has 1 aliphatic heterocycles. The van der Waals surface area contributed by atoms with Crippen LogP contribution in [0.2, 0.25) is 5.02 Å².